The molecule has 72 valence electrons. The largest absolute Gasteiger partial charge is 0.315 e. The van der Waals surface area contributed by atoms with Crippen LogP contribution in [0.15, 0.2) is 23.1 Å². The molecule has 3 heteroatoms. The Kier molecular flexibility index (Phi) is 3.25. The molecular weight excluding hydrogens is 164 g/mol. The molecule has 1 N–H and O–H groups in total. The lowest BCUT2D eigenvalue weighted by molar-refractivity contribution is 0.570. The summed E-state index contributed by atoms with van der Waals surface area (Å²) in [5, 5.41) is 2.98. The molecule has 0 bridgehead atoms. The van der Waals surface area contributed by atoms with E-state index in [1.807, 2.05) is 39.2 Å². The van der Waals surface area contributed by atoms with Gasteiger partial charge < -0.3 is 9.88 Å². The van der Waals surface area contributed by atoms with Crippen LogP contribution in [0.5, 0.6) is 0 Å². The van der Waals surface area contributed by atoms with E-state index in [2.05, 4.69) is 5.32 Å². The molecule has 0 aliphatic heterocycles. The Morgan fingerprint density at radius 2 is 2.23 bits per heavy atom. The fraction of sp³-hybridized carbons (Fsp3) is 0.500. The maximum absolute atomic E-state index is 11.7. The summed E-state index contributed by atoms with van der Waals surface area (Å²) >= 11 is 0. The number of nitrogens with zero attached hydrogens (tertiary/aromatic N) is 1. The third-order valence-electron chi connectivity index (χ3n) is 1.98. The number of aromatic nitrogens is 1. The second-order valence-electron chi connectivity index (χ2n) is 3.37. The summed E-state index contributed by atoms with van der Waals surface area (Å²) < 4.78 is 1.74. The van der Waals surface area contributed by atoms with Gasteiger partial charge in [0.25, 0.3) is 5.56 Å². The van der Waals surface area contributed by atoms with E-state index in [-0.39, 0.29) is 11.6 Å². The predicted molar refractivity (Wildman–Crippen MR) is 53.9 cm³/mol. The van der Waals surface area contributed by atoms with Gasteiger partial charge in [-0.1, -0.05) is 6.07 Å². The Labute approximate surface area is 78.4 Å². The first-order valence-electron chi connectivity index (χ1n) is 4.51. The van der Waals surface area contributed by atoms with Crippen LogP contribution in [-0.2, 0) is 6.54 Å². The van der Waals surface area contributed by atoms with E-state index in [0.29, 0.717) is 6.54 Å². The number of nitrogens with one attached hydrogen (secondary N) is 1. The van der Waals surface area contributed by atoms with Crippen molar-refractivity contribution in [3.8, 4) is 0 Å². The number of hydrogen-bond acceptors (Lipinski definition) is 2. The van der Waals surface area contributed by atoms with Gasteiger partial charge in [0, 0.05) is 24.3 Å². The highest BCUT2D eigenvalue weighted by Crippen LogP contribution is 2.00. The summed E-state index contributed by atoms with van der Waals surface area (Å²) in [5.74, 6) is 0. The fourth-order valence-corrected chi connectivity index (χ4v) is 1.29. The van der Waals surface area contributed by atoms with E-state index in [9.17, 15) is 4.79 Å². The van der Waals surface area contributed by atoms with Crippen LogP contribution in [0.3, 0.4) is 0 Å². The molecule has 0 aromatic carbocycles. The molecule has 0 saturated heterocycles. The zero-order chi connectivity index (χ0) is 9.84. The van der Waals surface area contributed by atoms with Gasteiger partial charge in [0.2, 0.25) is 0 Å². The maximum atomic E-state index is 11.7. The third-order valence-corrected chi connectivity index (χ3v) is 1.98. The van der Waals surface area contributed by atoms with Crippen LogP contribution in [0, 0.1) is 0 Å². The van der Waals surface area contributed by atoms with Crippen molar-refractivity contribution in [1.29, 1.82) is 0 Å². The Hall–Kier alpha value is -1.09. The summed E-state index contributed by atoms with van der Waals surface area (Å²) in [6.45, 7) is 4.64. The van der Waals surface area contributed by atoms with E-state index in [1.165, 1.54) is 0 Å². The molecule has 0 spiro atoms. The van der Waals surface area contributed by atoms with Gasteiger partial charge in [0.15, 0.2) is 0 Å². The normalized spacial score (nSPS) is 10.8. The van der Waals surface area contributed by atoms with Gasteiger partial charge in [-0.2, -0.15) is 0 Å². The van der Waals surface area contributed by atoms with Crippen LogP contribution in [0.4, 0.5) is 0 Å². The van der Waals surface area contributed by atoms with Crippen molar-refractivity contribution < 1.29 is 0 Å². The van der Waals surface area contributed by atoms with Gasteiger partial charge in [-0.05, 0) is 27.0 Å². The van der Waals surface area contributed by atoms with Crippen molar-refractivity contribution >= 4 is 0 Å². The standard InChI is InChI=1S/C10H16N2O/c1-8(2)12-6-4-5-9(7-11-3)10(12)13/h4-6,8,11H,7H2,1-3H3. The molecule has 0 aliphatic rings. The molecule has 0 fully saturated rings. The topological polar surface area (TPSA) is 34.0 Å². The van der Waals surface area contributed by atoms with Gasteiger partial charge in [-0.15, -0.1) is 0 Å². The van der Waals surface area contributed by atoms with Crippen molar-refractivity contribution in [3.63, 3.8) is 0 Å². The first kappa shape index (κ1) is 9.99. The van der Waals surface area contributed by atoms with Gasteiger partial charge >= 0.3 is 0 Å². The predicted octanol–water partition coefficient (Wildman–Crippen LogP) is 1.15. The average Bonchev–Trinajstić information content (AvgIpc) is 2.08. The third kappa shape index (κ3) is 2.18. The molecule has 0 aliphatic carbocycles. The Bertz CT molecular complexity index is 328. The number of rotatable bonds is 3. The van der Waals surface area contributed by atoms with E-state index in [4.69, 9.17) is 0 Å². The molecule has 1 aromatic rings. The van der Waals surface area contributed by atoms with Crippen LogP contribution in [0.25, 0.3) is 0 Å². The van der Waals surface area contributed by atoms with Crippen LogP contribution in [0.1, 0.15) is 25.5 Å². The molecular formula is C10H16N2O. The van der Waals surface area contributed by atoms with E-state index < -0.39 is 0 Å². The monoisotopic (exact) mass is 180 g/mol. The zero-order valence-corrected chi connectivity index (χ0v) is 8.37. The Morgan fingerprint density at radius 1 is 1.54 bits per heavy atom. The molecule has 0 unspecified atom stereocenters. The molecule has 1 heterocycles. The molecule has 1 aromatic heterocycles. The molecule has 3 nitrogen and oxygen atoms in total. The van der Waals surface area contributed by atoms with Crippen molar-refractivity contribution in [3.05, 3.63) is 34.2 Å². The summed E-state index contributed by atoms with van der Waals surface area (Å²) in [7, 11) is 1.84. The Balaban J connectivity index is 3.11. The molecule has 1 rings (SSSR count). The minimum Gasteiger partial charge on any atom is -0.315 e. The molecule has 13 heavy (non-hydrogen) atoms. The molecule has 0 saturated carbocycles. The second-order valence-corrected chi connectivity index (χ2v) is 3.37. The SMILES string of the molecule is CNCc1cccn(C(C)C)c1=O. The molecule has 0 radical (unpaired) electrons. The molecule has 0 amide bonds. The minimum absolute atomic E-state index is 0.104. The van der Waals surface area contributed by atoms with Crippen molar-refractivity contribution in [2.75, 3.05) is 7.05 Å². The lowest BCUT2D eigenvalue weighted by Gasteiger charge is -2.10. The summed E-state index contributed by atoms with van der Waals surface area (Å²) in [4.78, 5) is 11.7. The quantitative estimate of drug-likeness (QED) is 0.757. The smallest absolute Gasteiger partial charge is 0.255 e. The van der Waals surface area contributed by atoms with Crippen LogP contribution in [-0.4, -0.2) is 11.6 Å². The first-order chi connectivity index (χ1) is 6.16. The lowest BCUT2D eigenvalue weighted by atomic mass is 10.2. The minimum atomic E-state index is 0.104. The van der Waals surface area contributed by atoms with E-state index in [1.54, 1.807) is 4.57 Å². The van der Waals surface area contributed by atoms with E-state index in [0.717, 1.165) is 5.56 Å². The zero-order valence-electron chi connectivity index (χ0n) is 8.37. The van der Waals surface area contributed by atoms with Crippen LogP contribution >= 0.6 is 0 Å². The van der Waals surface area contributed by atoms with Crippen LogP contribution in [0.2, 0.25) is 0 Å². The summed E-state index contributed by atoms with van der Waals surface area (Å²) in [6.07, 6.45) is 1.83. The lowest BCUT2D eigenvalue weighted by Crippen LogP contribution is -2.26. The number of pyridine rings is 1. The first-order valence-corrected chi connectivity index (χ1v) is 4.51. The van der Waals surface area contributed by atoms with Crippen molar-refractivity contribution in [2.24, 2.45) is 0 Å². The summed E-state index contributed by atoms with van der Waals surface area (Å²) in [6, 6.07) is 4.00. The van der Waals surface area contributed by atoms with Crippen molar-refractivity contribution in [2.45, 2.75) is 26.4 Å². The average molecular weight is 180 g/mol. The van der Waals surface area contributed by atoms with Gasteiger partial charge in [-0.25, -0.2) is 0 Å². The van der Waals surface area contributed by atoms with Gasteiger partial charge in [-0.3, -0.25) is 4.79 Å². The number of hydrogen-bond donors (Lipinski definition) is 1. The van der Waals surface area contributed by atoms with Crippen LogP contribution < -0.4 is 10.9 Å². The van der Waals surface area contributed by atoms with Gasteiger partial charge in [0.05, 0.1) is 0 Å². The highest BCUT2D eigenvalue weighted by molar-refractivity contribution is 5.10. The van der Waals surface area contributed by atoms with Gasteiger partial charge in [0.1, 0.15) is 0 Å². The highest BCUT2D eigenvalue weighted by atomic mass is 16.1. The summed E-state index contributed by atoms with van der Waals surface area (Å²) in [5.41, 5.74) is 0.922. The molecule has 0 atom stereocenters. The fourth-order valence-electron chi connectivity index (χ4n) is 1.29. The highest BCUT2D eigenvalue weighted by Gasteiger charge is 2.03. The second kappa shape index (κ2) is 4.23. The maximum Gasteiger partial charge on any atom is 0.255 e. The van der Waals surface area contributed by atoms with Crippen molar-refractivity contribution in [1.82, 2.24) is 9.88 Å². The Morgan fingerprint density at radius 3 is 2.77 bits per heavy atom. The van der Waals surface area contributed by atoms with E-state index >= 15 is 0 Å².